The summed E-state index contributed by atoms with van der Waals surface area (Å²) in [7, 11) is 0. The van der Waals surface area contributed by atoms with Crippen LogP contribution in [-0.4, -0.2) is 75.0 Å². The molecule has 1 atom stereocenters. The summed E-state index contributed by atoms with van der Waals surface area (Å²) in [6, 6.07) is 4.06. The molecule has 3 N–H and O–H groups in total. The third kappa shape index (κ3) is 10.6. The quantitative estimate of drug-likeness (QED) is 0.198. The van der Waals surface area contributed by atoms with Crippen molar-refractivity contribution < 1.29 is 18.7 Å². The number of nitrogens with one attached hydrogen (secondary N) is 3. The summed E-state index contributed by atoms with van der Waals surface area (Å²) in [4.78, 5) is 18.8. The van der Waals surface area contributed by atoms with Crippen LogP contribution >= 0.6 is 24.0 Å². The molecule has 1 aliphatic heterocycles. The predicted octanol–water partition coefficient (Wildman–Crippen LogP) is 2.66. The van der Waals surface area contributed by atoms with Crippen LogP contribution in [0.4, 0.5) is 4.79 Å². The third-order valence-electron chi connectivity index (χ3n) is 4.43. The topological polar surface area (TPSA) is 100 Å². The molecule has 9 nitrogen and oxygen atoms in total. The second-order valence-corrected chi connectivity index (χ2v) is 8.19. The molecule has 31 heavy (non-hydrogen) atoms. The highest BCUT2D eigenvalue weighted by Crippen LogP contribution is 2.24. The average Bonchev–Trinajstić information content (AvgIpc) is 3.10. The number of guanidine groups is 1. The first-order valence-corrected chi connectivity index (χ1v) is 10.7. The summed E-state index contributed by atoms with van der Waals surface area (Å²) in [5.74, 6) is 2.51. The Balaban J connectivity index is 0.00000480. The van der Waals surface area contributed by atoms with E-state index in [1.54, 1.807) is 0 Å². The second kappa shape index (κ2) is 13.8. The lowest BCUT2D eigenvalue weighted by molar-refractivity contribution is 0.0135. The van der Waals surface area contributed by atoms with Crippen molar-refractivity contribution in [3.05, 3.63) is 23.7 Å². The molecule has 0 bridgehead atoms. The molecule has 0 saturated carbocycles. The Morgan fingerprint density at radius 1 is 1.19 bits per heavy atom. The highest BCUT2D eigenvalue weighted by molar-refractivity contribution is 14.0. The van der Waals surface area contributed by atoms with Crippen LogP contribution in [0.15, 0.2) is 21.5 Å². The standard InChI is InChI=1S/C21H37N5O4.HI/c1-6-22-19(23-9-10-24-20(27)30-21(3,4)5)25-15-17(18-8-7-16(2)29-18)26-11-13-28-14-12-26;/h7-8,17H,6,9-15H2,1-5H3,(H,24,27)(H2,22,23,25);1H. The maximum Gasteiger partial charge on any atom is 0.407 e. The number of furan rings is 1. The zero-order valence-corrected chi connectivity index (χ0v) is 21.7. The van der Waals surface area contributed by atoms with Crippen LogP contribution in [0.1, 0.15) is 45.3 Å². The normalized spacial score (nSPS) is 16.2. The van der Waals surface area contributed by atoms with E-state index in [1.807, 2.05) is 46.8 Å². The molecular formula is C21H38IN5O4. The fourth-order valence-electron chi connectivity index (χ4n) is 3.09. The molecule has 1 unspecified atom stereocenters. The minimum atomic E-state index is -0.507. The molecule has 0 aromatic carbocycles. The van der Waals surface area contributed by atoms with Crippen LogP contribution < -0.4 is 16.0 Å². The maximum absolute atomic E-state index is 11.7. The number of ether oxygens (including phenoxy) is 2. The van der Waals surface area contributed by atoms with Gasteiger partial charge < -0.3 is 29.8 Å². The van der Waals surface area contributed by atoms with E-state index in [2.05, 4.69) is 20.9 Å². The molecule has 1 aliphatic rings. The van der Waals surface area contributed by atoms with Gasteiger partial charge >= 0.3 is 6.09 Å². The second-order valence-electron chi connectivity index (χ2n) is 8.19. The lowest BCUT2D eigenvalue weighted by Crippen LogP contribution is -2.43. The molecule has 1 aromatic rings. The number of aliphatic imine (C=N–C) groups is 1. The molecule has 10 heteroatoms. The van der Waals surface area contributed by atoms with E-state index in [1.165, 1.54) is 0 Å². The van der Waals surface area contributed by atoms with Crippen LogP contribution in [0.25, 0.3) is 0 Å². The third-order valence-corrected chi connectivity index (χ3v) is 4.43. The minimum Gasteiger partial charge on any atom is -0.465 e. The van der Waals surface area contributed by atoms with Gasteiger partial charge in [-0.15, -0.1) is 24.0 Å². The van der Waals surface area contributed by atoms with Gasteiger partial charge in [-0.1, -0.05) is 0 Å². The molecule has 1 fully saturated rings. The molecule has 2 heterocycles. The Bertz CT molecular complexity index is 684. The first-order valence-electron chi connectivity index (χ1n) is 10.7. The number of carbonyl (C=O) groups is 1. The summed E-state index contributed by atoms with van der Waals surface area (Å²) < 4.78 is 16.6. The van der Waals surface area contributed by atoms with E-state index >= 15 is 0 Å². The van der Waals surface area contributed by atoms with E-state index in [0.717, 1.165) is 31.2 Å². The van der Waals surface area contributed by atoms with E-state index in [9.17, 15) is 4.79 Å². The van der Waals surface area contributed by atoms with Gasteiger partial charge in [0, 0.05) is 32.7 Å². The number of carbonyl (C=O) groups excluding carboxylic acids is 1. The molecular weight excluding hydrogens is 513 g/mol. The van der Waals surface area contributed by atoms with Gasteiger partial charge in [-0.3, -0.25) is 9.89 Å². The van der Waals surface area contributed by atoms with Gasteiger partial charge in [0.15, 0.2) is 5.96 Å². The lowest BCUT2D eigenvalue weighted by atomic mass is 10.1. The highest BCUT2D eigenvalue weighted by Gasteiger charge is 2.25. The first-order chi connectivity index (χ1) is 14.3. The monoisotopic (exact) mass is 551 g/mol. The smallest absolute Gasteiger partial charge is 0.407 e. The van der Waals surface area contributed by atoms with E-state index < -0.39 is 11.7 Å². The molecule has 0 aliphatic carbocycles. The largest absolute Gasteiger partial charge is 0.465 e. The van der Waals surface area contributed by atoms with Crippen molar-refractivity contribution in [2.45, 2.75) is 46.3 Å². The molecule has 0 spiro atoms. The predicted molar refractivity (Wildman–Crippen MR) is 132 cm³/mol. The molecule has 0 radical (unpaired) electrons. The number of alkyl carbamates (subject to hydrolysis) is 1. The number of rotatable bonds is 8. The van der Waals surface area contributed by atoms with E-state index in [-0.39, 0.29) is 30.0 Å². The summed E-state index contributed by atoms with van der Waals surface area (Å²) in [6.07, 6.45) is -0.424. The first kappa shape index (κ1) is 27.5. The van der Waals surface area contributed by atoms with Gasteiger partial charge in [-0.05, 0) is 46.8 Å². The van der Waals surface area contributed by atoms with Crippen LogP contribution in [0.2, 0.25) is 0 Å². The molecule has 2 rings (SSSR count). The SMILES string of the molecule is CCNC(=NCC(c1ccc(C)o1)N1CCOCC1)NCCNC(=O)OC(C)(C)C.I. The highest BCUT2D eigenvalue weighted by atomic mass is 127. The van der Waals surface area contributed by atoms with Gasteiger partial charge in [-0.2, -0.15) is 0 Å². The van der Waals surface area contributed by atoms with Crippen LogP contribution in [0.5, 0.6) is 0 Å². The fourth-order valence-corrected chi connectivity index (χ4v) is 3.09. The molecule has 178 valence electrons. The molecule has 1 aromatic heterocycles. The number of nitrogens with zero attached hydrogens (tertiary/aromatic N) is 2. The number of amides is 1. The Morgan fingerprint density at radius 2 is 1.87 bits per heavy atom. The van der Waals surface area contributed by atoms with Gasteiger partial charge in [0.1, 0.15) is 17.1 Å². The lowest BCUT2D eigenvalue weighted by Gasteiger charge is -2.32. The van der Waals surface area contributed by atoms with Crippen molar-refractivity contribution in [3.8, 4) is 0 Å². The summed E-state index contributed by atoms with van der Waals surface area (Å²) >= 11 is 0. The van der Waals surface area contributed by atoms with Crippen LogP contribution in [0.3, 0.4) is 0 Å². The number of morpholine rings is 1. The van der Waals surface area contributed by atoms with Crippen molar-refractivity contribution in [1.82, 2.24) is 20.9 Å². The molecule has 1 amide bonds. The van der Waals surface area contributed by atoms with E-state index in [0.29, 0.717) is 38.8 Å². The summed E-state index contributed by atoms with van der Waals surface area (Å²) in [5.41, 5.74) is -0.507. The Morgan fingerprint density at radius 3 is 2.45 bits per heavy atom. The zero-order valence-electron chi connectivity index (χ0n) is 19.3. The van der Waals surface area contributed by atoms with Gasteiger partial charge in [0.2, 0.25) is 0 Å². The maximum atomic E-state index is 11.7. The van der Waals surface area contributed by atoms with Crippen molar-refractivity contribution in [1.29, 1.82) is 0 Å². The van der Waals surface area contributed by atoms with Gasteiger partial charge in [-0.25, -0.2) is 4.79 Å². The number of hydrogen-bond acceptors (Lipinski definition) is 6. The van der Waals surface area contributed by atoms with E-state index in [4.69, 9.17) is 18.9 Å². The van der Waals surface area contributed by atoms with Crippen LogP contribution in [-0.2, 0) is 9.47 Å². The number of aryl methyl sites for hydroxylation is 1. The van der Waals surface area contributed by atoms with Crippen molar-refractivity contribution in [2.24, 2.45) is 4.99 Å². The van der Waals surface area contributed by atoms with Gasteiger partial charge in [0.05, 0.1) is 25.8 Å². The summed E-state index contributed by atoms with van der Waals surface area (Å²) in [6.45, 7) is 14.9. The van der Waals surface area contributed by atoms with Crippen molar-refractivity contribution >= 4 is 36.0 Å². The van der Waals surface area contributed by atoms with Crippen LogP contribution in [0, 0.1) is 6.92 Å². The minimum absolute atomic E-state index is 0. The number of halogens is 1. The number of hydrogen-bond donors (Lipinski definition) is 3. The summed E-state index contributed by atoms with van der Waals surface area (Å²) in [5, 5.41) is 9.23. The Kier molecular flexibility index (Phi) is 12.2. The average molecular weight is 551 g/mol. The molecule has 1 saturated heterocycles. The Labute approximate surface area is 202 Å². The van der Waals surface area contributed by atoms with Crippen molar-refractivity contribution in [2.75, 3.05) is 52.5 Å². The zero-order chi connectivity index (χ0) is 22.0. The van der Waals surface area contributed by atoms with Gasteiger partial charge in [0.25, 0.3) is 0 Å². The Hall–Kier alpha value is -1.53. The van der Waals surface area contributed by atoms with Crippen molar-refractivity contribution in [3.63, 3.8) is 0 Å². The fraction of sp³-hybridized carbons (Fsp3) is 0.714.